The highest BCUT2D eigenvalue weighted by atomic mass is 32.1. The minimum atomic E-state index is -0.0710. The van der Waals surface area contributed by atoms with Crippen molar-refractivity contribution in [1.82, 2.24) is 14.9 Å². The van der Waals surface area contributed by atoms with Crippen molar-refractivity contribution in [2.75, 3.05) is 11.9 Å². The van der Waals surface area contributed by atoms with Crippen LogP contribution in [0.25, 0.3) is 11.3 Å². The van der Waals surface area contributed by atoms with Gasteiger partial charge < -0.3 is 9.73 Å². The van der Waals surface area contributed by atoms with Crippen molar-refractivity contribution in [3.05, 3.63) is 53.0 Å². The number of oxazole rings is 1. The Balaban J connectivity index is 1.26. The highest BCUT2D eigenvalue weighted by molar-refractivity contribution is 7.15. The van der Waals surface area contributed by atoms with Crippen LogP contribution in [-0.2, 0) is 17.8 Å². The molecule has 0 bridgehead atoms. The summed E-state index contributed by atoms with van der Waals surface area (Å²) in [5.74, 6) is 1.72. The van der Waals surface area contributed by atoms with Crippen molar-refractivity contribution in [2.24, 2.45) is 0 Å². The van der Waals surface area contributed by atoms with Gasteiger partial charge in [0.2, 0.25) is 5.91 Å². The van der Waals surface area contributed by atoms with E-state index >= 15 is 0 Å². The van der Waals surface area contributed by atoms with E-state index in [1.54, 1.807) is 17.5 Å². The monoisotopic (exact) mass is 452 g/mol. The van der Waals surface area contributed by atoms with Gasteiger partial charge in [0, 0.05) is 42.1 Å². The highest BCUT2D eigenvalue weighted by Gasteiger charge is 2.19. The average Bonchev–Trinajstić information content (AvgIpc) is 3.44. The zero-order valence-corrected chi connectivity index (χ0v) is 20.0. The predicted octanol–water partition coefficient (Wildman–Crippen LogP) is 5.87. The number of nitrogens with one attached hydrogen (secondary N) is 1. The number of rotatable bonds is 8. The third kappa shape index (κ3) is 5.84. The molecule has 0 saturated carbocycles. The molecule has 0 spiro atoms. The molecule has 1 saturated heterocycles. The molecule has 1 fully saturated rings. The molecule has 3 aromatic rings. The number of aromatic nitrogens is 2. The molecule has 1 atom stereocenters. The Kier molecular flexibility index (Phi) is 7.37. The summed E-state index contributed by atoms with van der Waals surface area (Å²) in [6.45, 7) is 8.69. The first-order chi connectivity index (χ1) is 15.5. The first kappa shape index (κ1) is 22.7. The van der Waals surface area contributed by atoms with E-state index in [4.69, 9.17) is 4.42 Å². The Labute approximate surface area is 194 Å². The van der Waals surface area contributed by atoms with Crippen LogP contribution < -0.4 is 5.32 Å². The Morgan fingerprint density at radius 2 is 2.03 bits per heavy atom. The van der Waals surface area contributed by atoms with Crippen molar-refractivity contribution in [1.29, 1.82) is 0 Å². The smallest absolute Gasteiger partial charge is 0.226 e. The largest absolute Gasteiger partial charge is 0.441 e. The van der Waals surface area contributed by atoms with Crippen LogP contribution in [-0.4, -0.2) is 33.4 Å². The molecule has 170 valence electrons. The number of anilines is 1. The topological polar surface area (TPSA) is 71.3 Å². The second-order valence-electron chi connectivity index (χ2n) is 8.89. The molecule has 32 heavy (non-hydrogen) atoms. The van der Waals surface area contributed by atoms with Crippen molar-refractivity contribution in [2.45, 2.75) is 71.4 Å². The standard InChI is InChI=1S/C25H32N4O2S/c1-17(2)19-7-9-20(10-8-19)22-15-26-24(31-22)12-11-23(30)28-25-27-14-21(32-25)16-29-13-5-4-6-18(29)3/h7-10,14-15,17-18H,4-6,11-13,16H2,1-3H3,(H,27,28,30). The van der Waals surface area contributed by atoms with Gasteiger partial charge in [-0.1, -0.05) is 44.5 Å². The van der Waals surface area contributed by atoms with Gasteiger partial charge in [-0.05, 0) is 37.8 Å². The molecule has 1 amide bonds. The number of nitrogens with zero attached hydrogens (tertiary/aromatic N) is 3. The molecule has 4 rings (SSSR count). The molecule has 1 unspecified atom stereocenters. The van der Waals surface area contributed by atoms with Crippen LogP contribution in [0.1, 0.15) is 68.7 Å². The molecule has 1 aliphatic heterocycles. The quantitative estimate of drug-likeness (QED) is 0.463. The summed E-state index contributed by atoms with van der Waals surface area (Å²) in [7, 11) is 0. The average molecular weight is 453 g/mol. The lowest BCUT2D eigenvalue weighted by Crippen LogP contribution is -2.36. The van der Waals surface area contributed by atoms with Gasteiger partial charge in [-0.2, -0.15) is 0 Å². The van der Waals surface area contributed by atoms with E-state index in [-0.39, 0.29) is 5.91 Å². The van der Waals surface area contributed by atoms with Crippen LogP contribution >= 0.6 is 11.3 Å². The van der Waals surface area contributed by atoms with Crippen molar-refractivity contribution in [3.63, 3.8) is 0 Å². The lowest BCUT2D eigenvalue weighted by atomic mass is 10.0. The van der Waals surface area contributed by atoms with E-state index in [2.05, 4.69) is 65.2 Å². The maximum Gasteiger partial charge on any atom is 0.226 e. The van der Waals surface area contributed by atoms with Crippen LogP contribution in [0.15, 0.2) is 41.1 Å². The van der Waals surface area contributed by atoms with Crippen molar-refractivity contribution >= 4 is 22.4 Å². The molecule has 6 nitrogen and oxygen atoms in total. The summed E-state index contributed by atoms with van der Waals surface area (Å²) >= 11 is 1.56. The Morgan fingerprint density at radius 3 is 2.78 bits per heavy atom. The summed E-state index contributed by atoms with van der Waals surface area (Å²) in [5, 5.41) is 3.58. The lowest BCUT2D eigenvalue weighted by molar-refractivity contribution is -0.116. The number of carbonyl (C=O) groups excluding carboxylic acids is 1. The molecule has 1 aliphatic rings. The molecule has 1 N–H and O–H groups in total. The predicted molar refractivity (Wildman–Crippen MR) is 129 cm³/mol. The molecule has 7 heteroatoms. The Morgan fingerprint density at radius 1 is 1.22 bits per heavy atom. The number of piperidine rings is 1. The Bertz CT molecular complexity index is 1020. The minimum Gasteiger partial charge on any atom is -0.441 e. The highest BCUT2D eigenvalue weighted by Crippen LogP contribution is 2.25. The number of hydrogen-bond donors (Lipinski definition) is 1. The normalized spacial score (nSPS) is 17.1. The fraction of sp³-hybridized carbons (Fsp3) is 0.480. The molecule has 2 aromatic heterocycles. The van der Waals surface area contributed by atoms with Crippen molar-refractivity contribution in [3.8, 4) is 11.3 Å². The maximum absolute atomic E-state index is 12.4. The number of thiazole rings is 1. The van der Waals surface area contributed by atoms with Crippen LogP contribution in [0.2, 0.25) is 0 Å². The number of aryl methyl sites for hydroxylation is 1. The van der Waals surface area contributed by atoms with Gasteiger partial charge in [0.15, 0.2) is 16.8 Å². The molecular weight excluding hydrogens is 420 g/mol. The SMILES string of the molecule is CC(C)c1ccc(-c2cnc(CCC(=O)Nc3ncc(CN4CCCCC4C)s3)o2)cc1. The van der Waals surface area contributed by atoms with E-state index in [0.717, 1.165) is 24.4 Å². The Hall–Kier alpha value is -2.51. The van der Waals surface area contributed by atoms with Gasteiger partial charge in [-0.15, -0.1) is 11.3 Å². The fourth-order valence-corrected chi connectivity index (χ4v) is 4.88. The van der Waals surface area contributed by atoms with Gasteiger partial charge >= 0.3 is 0 Å². The van der Waals surface area contributed by atoms with Gasteiger partial charge in [-0.3, -0.25) is 9.69 Å². The van der Waals surface area contributed by atoms with Crippen LogP contribution in [0.5, 0.6) is 0 Å². The zero-order chi connectivity index (χ0) is 22.5. The zero-order valence-electron chi connectivity index (χ0n) is 19.1. The summed E-state index contributed by atoms with van der Waals surface area (Å²) in [6, 6.07) is 8.95. The first-order valence-corrected chi connectivity index (χ1v) is 12.3. The molecular formula is C25H32N4O2S. The van der Waals surface area contributed by atoms with Crippen LogP contribution in [0, 0.1) is 0 Å². The minimum absolute atomic E-state index is 0.0710. The fourth-order valence-electron chi connectivity index (χ4n) is 4.02. The van der Waals surface area contributed by atoms with Gasteiger partial charge in [0.05, 0.1) is 6.20 Å². The van der Waals surface area contributed by atoms with E-state index in [0.29, 0.717) is 35.8 Å². The third-order valence-corrected chi connectivity index (χ3v) is 6.98. The first-order valence-electron chi connectivity index (χ1n) is 11.5. The van der Waals surface area contributed by atoms with E-state index in [1.807, 2.05) is 6.20 Å². The van der Waals surface area contributed by atoms with Crippen molar-refractivity contribution < 1.29 is 9.21 Å². The molecule has 0 aliphatic carbocycles. The molecule has 3 heterocycles. The number of likely N-dealkylation sites (tertiary alicyclic amines) is 1. The van der Waals surface area contributed by atoms with Crippen LogP contribution in [0.3, 0.4) is 0 Å². The molecule has 0 radical (unpaired) electrons. The maximum atomic E-state index is 12.4. The molecule has 1 aromatic carbocycles. The number of benzene rings is 1. The number of amides is 1. The lowest BCUT2D eigenvalue weighted by Gasteiger charge is -2.32. The second-order valence-corrected chi connectivity index (χ2v) is 10.0. The van der Waals surface area contributed by atoms with Gasteiger partial charge in [0.25, 0.3) is 0 Å². The summed E-state index contributed by atoms with van der Waals surface area (Å²) < 4.78 is 5.86. The second kappa shape index (κ2) is 10.4. The van der Waals surface area contributed by atoms with Gasteiger partial charge in [-0.25, -0.2) is 9.97 Å². The third-order valence-electron chi connectivity index (χ3n) is 6.08. The summed E-state index contributed by atoms with van der Waals surface area (Å²) in [5.41, 5.74) is 2.29. The van der Waals surface area contributed by atoms with E-state index in [9.17, 15) is 4.79 Å². The number of hydrogen-bond acceptors (Lipinski definition) is 6. The summed E-state index contributed by atoms with van der Waals surface area (Å²) in [6.07, 6.45) is 8.22. The van der Waals surface area contributed by atoms with Gasteiger partial charge in [0.1, 0.15) is 0 Å². The van der Waals surface area contributed by atoms with Crippen LogP contribution in [0.4, 0.5) is 5.13 Å². The summed E-state index contributed by atoms with van der Waals surface area (Å²) in [4.78, 5) is 24.8. The van der Waals surface area contributed by atoms with E-state index in [1.165, 1.54) is 29.7 Å². The van der Waals surface area contributed by atoms with E-state index < -0.39 is 0 Å². The number of carbonyl (C=O) groups is 1.